The van der Waals surface area contributed by atoms with Gasteiger partial charge in [0.1, 0.15) is 24.7 Å². The van der Waals surface area contributed by atoms with Gasteiger partial charge in [-0.3, -0.25) is 24.0 Å². The van der Waals surface area contributed by atoms with Crippen molar-refractivity contribution in [3.05, 3.63) is 156 Å². The van der Waals surface area contributed by atoms with Gasteiger partial charge >= 0.3 is 24.5 Å². The number of fused-ring (bicyclic) bond motifs is 4. The van der Waals surface area contributed by atoms with Crippen molar-refractivity contribution < 1.29 is 90.6 Å². The van der Waals surface area contributed by atoms with Gasteiger partial charge in [0, 0.05) is 109 Å². The number of ketones is 1. The topological polar surface area (TPSA) is 313 Å². The van der Waals surface area contributed by atoms with Crippen molar-refractivity contribution in [2.45, 2.75) is 167 Å². The number of aryl methyl sites for hydroxylation is 6. The van der Waals surface area contributed by atoms with E-state index in [9.17, 15) is 33.6 Å². The number of hydrogen-bond donors (Lipinski definition) is 2. The third-order valence-corrected chi connectivity index (χ3v) is 19.5. The lowest BCUT2D eigenvalue weighted by Crippen LogP contribution is -2.57. The van der Waals surface area contributed by atoms with Crippen LogP contribution >= 0.6 is 0 Å². The maximum atomic E-state index is 14.2. The van der Waals surface area contributed by atoms with Gasteiger partial charge in [0.05, 0.1) is 64.9 Å². The van der Waals surface area contributed by atoms with E-state index in [4.69, 9.17) is 57.1 Å². The highest BCUT2D eigenvalue weighted by molar-refractivity contribution is 6.07. The molecule has 108 heavy (non-hydrogen) atoms. The summed E-state index contributed by atoms with van der Waals surface area (Å²) >= 11 is 0. The lowest BCUT2D eigenvalue weighted by atomic mass is 10.00. The van der Waals surface area contributed by atoms with Gasteiger partial charge in [0.25, 0.3) is 11.8 Å². The molecule has 3 aromatic heterocycles. The molecule has 4 saturated heterocycles. The van der Waals surface area contributed by atoms with E-state index >= 15 is 0 Å². The quantitative estimate of drug-likeness (QED) is 0.0323. The van der Waals surface area contributed by atoms with E-state index in [2.05, 4.69) is 47.5 Å². The Balaban J connectivity index is 0.000000242. The normalized spacial score (nSPS) is 19.2. The third-order valence-electron chi connectivity index (χ3n) is 19.5. The molecular formula is C80H97N9O19. The van der Waals surface area contributed by atoms with E-state index in [0.717, 1.165) is 79.3 Å². The number of nitrogens with one attached hydrogen (secondary N) is 2. The lowest BCUT2D eigenvalue weighted by molar-refractivity contribution is -0.199. The van der Waals surface area contributed by atoms with E-state index < -0.39 is 43.3 Å². The first kappa shape index (κ1) is 81.3. The zero-order valence-corrected chi connectivity index (χ0v) is 62.3. The predicted octanol–water partition coefficient (Wildman–Crippen LogP) is 11.8. The number of nitrogens with zero attached hydrogens (tertiary/aromatic N) is 7. The fourth-order valence-corrected chi connectivity index (χ4v) is 14.1. The predicted molar refractivity (Wildman–Crippen MR) is 396 cm³/mol. The van der Waals surface area contributed by atoms with E-state index in [1.807, 2.05) is 85.0 Å². The summed E-state index contributed by atoms with van der Waals surface area (Å²) in [5.41, 5.74) is 9.04. The van der Waals surface area contributed by atoms with Gasteiger partial charge in [-0.25, -0.2) is 19.4 Å². The zero-order valence-electron chi connectivity index (χ0n) is 62.3. The van der Waals surface area contributed by atoms with Gasteiger partial charge in [0.15, 0.2) is 30.8 Å². The molecule has 6 aromatic rings. The summed E-state index contributed by atoms with van der Waals surface area (Å²) in [7, 11) is 5.70. The van der Waals surface area contributed by atoms with Gasteiger partial charge in [-0.05, 0) is 169 Å². The molecule has 2 N–H and O–H groups in total. The number of carbonyl (C=O) groups is 7. The van der Waals surface area contributed by atoms with Crippen LogP contribution in [0.15, 0.2) is 117 Å². The molecule has 28 heteroatoms. The number of benzene rings is 3. The third kappa shape index (κ3) is 21.1. The molecule has 6 atom stereocenters. The molecular weight excluding hydrogens is 1390 g/mol. The number of ether oxygens (including phenoxy) is 8. The van der Waals surface area contributed by atoms with E-state index in [0.29, 0.717) is 116 Å². The van der Waals surface area contributed by atoms with E-state index in [1.165, 1.54) is 27.6 Å². The SMILES string of the molecule is C=CCOC(=O)N1c2cc(OCCCC(=O)Nc3cc(C(=O)Cc4ccc(-c5cc(C)n(C)c5)cc4)n(C)c3)c(C)cc2C(=O)N2CCCC[C@H]2[C@@H]1OC1CCCCO1.C=CCOC(=O)N1c2cc(OCCCC(=O)Nc3ccn(C)c3)c(C)cc2C(=O)N2CCCC[C@H]2C1OC1CCCCO1.O=C=O.O=C=O. The number of Topliss-reactive ketones (excluding diaryl/α,β-unsaturated/α-hetero) is 1. The minimum atomic E-state index is -0.843. The lowest BCUT2D eigenvalue weighted by Gasteiger charge is -2.42. The maximum Gasteiger partial charge on any atom is 0.416 e. The standard InChI is InChI=1S/C46H55N5O8.C32H42N4O7.2CO2/c1-6-20-58-46(55)51-38-27-41(30(2)23-36(38)44(54)50-19-9-7-12-37(50)45(51)59-43-14-8-10-21-57-43)56-22-11-13-42(53)47-35-26-39(49(5)29-35)40(52)25-32-15-17-33(18-16-32)34-24-31(3)48(4)28-34;1-4-16-42-32(39)36-26-20-27(40-18-9-11-28(37)33-23-13-15-34(3)21-23)22(2)19-24(26)30(38)35-14-7-5-10-25(35)31(36)43-29-12-6-8-17-41-29;2*2-1-3/h6,15-18,23-24,26-29,37,43,45H,1,7-14,19-22,25H2,2-5H3,(H,47,53);4,13,15,19-21,25,29,31H,1,5-12,14,16-18H2,2-3H3,(H,33,37);;/t37-,43?,45-;25-,29?,31?;;/m00../s1. The van der Waals surface area contributed by atoms with Crippen molar-refractivity contribution in [3.8, 4) is 22.6 Å². The first-order chi connectivity index (χ1) is 52.2. The summed E-state index contributed by atoms with van der Waals surface area (Å²) in [5, 5.41) is 5.79. The Morgan fingerprint density at radius 1 is 0.565 bits per heavy atom. The summed E-state index contributed by atoms with van der Waals surface area (Å²) in [4.78, 5) is 134. The second-order valence-electron chi connectivity index (χ2n) is 27.2. The molecule has 28 nitrogen and oxygen atoms in total. The van der Waals surface area contributed by atoms with Crippen molar-refractivity contribution >= 4 is 76.7 Å². The molecule has 0 spiro atoms. The van der Waals surface area contributed by atoms with Crippen molar-refractivity contribution in [2.24, 2.45) is 21.1 Å². The fraction of sp³-hybridized carbons (Fsp3) is 0.463. The molecule has 0 saturated carbocycles. The molecule has 0 radical (unpaired) electrons. The number of anilines is 4. The highest BCUT2D eigenvalue weighted by atomic mass is 16.7. The van der Waals surface area contributed by atoms with Gasteiger partial charge < -0.3 is 72.0 Å². The van der Waals surface area contributed by atoms with E-state index in [-0.39, 0.29) is 93.4 Å². The highest BCUT2D eigenvalue weighted by Gasteiger charge is 2.49. The number of carbonyl (C=O) groups excluding carboxylic acids is 11. The molecule has 9 heterocycles. The molecule has 6 aliphatic heterocycles. The minimum absolute atomic E-state index is 0.0126. The van der Waals surface area contributed by atoms with Crippen molar-refractivity contribution in [2.75, 3.05) is 73.2 Å². The second kappa shape index (κ2) is 39.7. The van der Waals surface area contributed by atoms with Crippen LogP contribution in [0.3, 0.4) is 0 Å². The Kier molecular flexibility index (Phi) is 29.9. The summed E-state index contributed by atoms with van der Waals surface area (Å²) in [6.45, 7) is 15.9. The average Bonchev–Trinajstić information content (AvgIpc) is 1.61. The molecule has 576 valence electrons. The van der Waals surface area contributed by atoms with Crippen LogP contribution in [0.25, 0.3) is 11.1 Å². The number of amides is 6. The molecule has 4 fully saturated rings. The summed E-state index contributed by atoms with van der Waals surface area (Å²) < 4.78 is 54.2. The number of piperidine rings is 2. The highest BCUT2D eigenvalue weighted by Crippen LogP contribution is 2.43. The van der Waals surface area contributed by atoms with Crippen molar-refractivity contribution in [3.63, 3.8) is 0 Å². The fourth-order valence-electron chi connectivity index (χ4n) is 14.1. The van der Waals surface area contributed by atoms with Gasteiger partial charge in [-0.15, -0.1) is 0 Å². The molecule has 3 unspecified atom stereocenters. The minimum Gasteiger partial charge on any atom is -0.493 e. The van der Waals surface area contributed by atoms with Crippen LogP contribution in [-0.2, 0) is 84.8 Å². The summed E-state index contributed by atoms with van der Waals surface area (Å²) in [6.07, 6.45) is 18.7. The van der Waals surface area contributed by atoms with Gasteiger partial charge in [-0.1, -0.05) is 49.6 Å². The first-order valence-corrected chi connectivity index (χ1v) is 36.7. The van der Waals surface area contributed by atoms with Crippen LogP contribution in [-0.4, -0.2) is 167 Å². The van der Waals surface area contributed by atoms with Gasteiger partial charge in [0.2, 0.25) is 11.8 Å². The molecule has 6 aliphatic rings. The van der Waals surface area contributed by atoms with Crippen LogP contribution in [0.1, 0.15) is 156 Å². The Bertz CT molecular complexity index is 4180. The maximum absolute atomic E-state index is 14.2. The Morgan fingerprint density at radius 3 is 1.48 bits per heavy atom. The molecule has 0 bridgehead atoms. The summed E-state index contributed by atoms with van der Waals surface area (Å²) in [6, 6.07) is 19.9. The summed E-state index contributed by atoms with van der Waals surface area (Å²) in [5.74, 6) is 0.302. The van der Waals surface area contributed by atoms with Crippen LogP contribution in [0.4, 0.5) is 32.3 Å². The van der Waals surface area contributed by atoms with Crippen molar-refractivity contribution in [1.29, 1.82) is 0 Å². The number of rotatable bonds is 24. The Morgan fingerprint density at radius 2 is 1.05 bits per heavy atom. The first-order valence-electron chi connectivity index (χ1n) is 36.7. The second-order valence-corrected chi connectivity index (χ2v) is 27.2. The van der Waals surface area contributed by atoms with Crippen LogP contribution < -0.4 is 29.9 Å². The smallest absolute Gasteiger partial charge is 0.416 e. The Hall–Kier alpha value is -10.7. The van der Waals surface area contributed by atoms with Crippen LogP contribution in [0.2, 0.25) is 0 Å². The number of aromatic nitrogens is 3. The van der Waals surface area contributed by atoms with E-state index in [1.54, 1.807) is 48.1 Å². The van der Waals surface area contributed by atoms with Crippen LogP contribution in [0.5, 0.6) is 11.5 Å². The van der Waals surface area contributed by atoms with Crippen molar-refractivity contribution in [1.82, 2.24) is 23.5 Å². The largest absolute Gasteiger partial charge is 0.493 e. The molecule has 12 rings (SSSR count). The molecule has 0 aliphatic carbocycles. The zero-order chi connectivity index (χ0) is 77.4. The number of hydrogen-bond acceptors (Lipinski definition) is 19. The molecule has 6 amide bonds. The molecule has 3 aromatic carbocycles. The van der Waals surface area contributed by atoms with Crippen LogP contribution in [0, 0.1) is 20.8 Å². The average molecular weight is 1490 g/mol. The van der Waals surface area contributed by atoms with Gasteiger partial charge in [-0.2, -0.15) is 19.2 Å². The monoisotopic (exact) mass is 1490 g/mol. The Labute approximate surface area is 628 Å².